The van der Waals surface area contributed by atoms with E-state index in [-0.39, 0.29) is 25.5 Å². The first-order valence-corrected chi connectivity index (χ1v) is 8.33. The van der Waals surface area contributed by atoms with E-state index in [4.69, 9.17) is 10.5 Å². The number of benzene rings is 2. The monoisotopic (exact) mass is 390 g/mol. The van der Waals surface area contributed by atoms with E-state index in [9.17, 15) is 9.59 Å². The summed E-state index contributed by atoms with van der Waals surface area (Å²) in [4.78, 5) is 25.1. The molecule has 0 radical (unpaired) electrons. The molecule has 0 aliphatic heterocycles. The summed E-state index contributed by atoms with van der Waals surface area (Å²) in [5.74, 6) is -0.0381. The second-order valence-corrected chi connectivity index (χ2v) is 6.09. The zero-order valence-electron chi connectivity index (χ0n) is 13.2. The highest BCUT2D eigenvalue weighted by Crippen LogP contribution is 2.23. The van der Waals surface area contributed by atoms with Gasteiger partial charge in [-0.15, -0.1) is 0 Å². The quantitative estimate of drug-likeness (QED) is 0.752. The van der Waals surface area contributed by atoms with Gasteiger partial charge in [-0.3, -0.25) is 9.59 Å². The van der Waals surface area contributed by atoms with E-state index in [2.05, 4.69) is 15.9 Å². The van der Waals surface area contributed by atoms with Crippen LogP contribution in [0.1, 0.15) is 12.0 Å². The van der Waals surface area contributed by atoms with E-state index in [1.807, 2.05) is 48.5 Å². The molecule has 0 spiro atoms. The number of para-hydroxylation sites is 1. The Morgan fingerprint density at radius 2 is 1.71 bits per heavy atom. The number of amides is 2. The maximum absolute atomic E-state index is 12.5. The van der Waals surface area contributed by atoms with E-state index in [0.29, 0.717) is 12.3 Å². The van der Waals surface area contributed by atoms with Crippen LogP contribution in [-0.4, -0.2) is 29.9 Å². The molecule has 0 aliphatic rings. The number of rotatable bonds is 8. The lowest BCUT2D eigenvalue weighted by Crippen LogP contribution is -2.36. The Morgan fingerprint density at radius 1 is 1.04 bits per heavy atom. The summed E-state index contributed by atoms with van der Waals surface area (Å²) in [6, 6.07) is 16.9. The standard InChI is InChI=1S/C18H19BrN2O3/c19-15-8-4-5-9-16(15)24-13-18(23)21(11-10-17(20)22)12-14-6-2-1-3-7-14/h1-9H,10-13H2,(H2,20,22). The molecule has 0 heterocycles. The summed E-state index contributed by atoms with van der Waals surface area (Å²) in [5, 5.41) is 0. The maximum Gasteiger partial charge on any atom is 0.260 e. The van der Waals surface area contributed by atoms with Crippen LogP contribution in [0, 0.1) is 0 Å². The fraction of sp³-hybridized carbons (Fsp3) is 0.222. The molecule has 2 aromatic carbocycles. The van der Waals surface area contributed by atoms with Gasteiger partial charge >= 0.3 is 0 Å². The van der Waals surface area contributed by atoms with Crippen LogP contribution in [0.2, 0.25) is 0 Å². The minimum atomic E-state index is -0.437. The lowest BCUT2D eigenvalue weighted by Gasteiger charge is -2.22. The van der Waals surface area contributed by atoms with Crippen LogP contribution in [0.4, 0.5) is 0 Å². The minimum Gasteiger partial charge on any atom is -0.483 e. The smallest absolute Gasteiger partial charge is 0.260 e. The van der Waals surface area contributed by atoms with Crippen molar-refractivity contribution in [1.29, 1.82) is 0 Å². The maximum atomic E-state index is 12.5. The van der Waals surface area contributed by atoms with Gasteiger partial charge in [0.05, 0.1) is 4.47 Å². The van der Waals surface area contributed by atoms with E-state index in [1.54, 1.807) is 11.0 Å². The van der Waals surface area contributed by atoms with Crippen molar-refractivity contribution in [3.63, 3.8) is 0 Å². The van der Waals surface area contributed by atoms with Gasteiger partial charge in [0.25, 0.3) is 5.91 Å². The average Bonchev–Trinajstić information content (AvgIpc) is 2.58. The van der Waals surface area contributed by atoms with Gasteiger partial charge in [-0.2, -0.15) is 0 Å². The molecular formula is C18H19BrN2O3. The third-order valence-corrected chi connectivity index (χ3v) is 4.04. The molecule has 2 rings (SSSR count). The van der Waals surface area contributed by atoms with Crippen molar-refractivity contribution in [2.45, 2.75) is 13.0 Å². The fourth-order valence-electron chi connectivity index (χ4n) is 2.13. The van der Waals surface area contributed by atoms with Crippen molar-refractivity contribution < 1.29 is 14.3 Å². The number of ether oxygens (including phenoxy) is 1. The lowest BCUT2D eigenvalue weighted by atomic mass is 10.2. The van der Waals surface area contributed by atoms with Crippen LogP contribution >= 0.6 is 15.9 Å². The van der Waals surface area contributed by atoms with Crippen molar-refractivity contribution in [1.82, 2.24) is 4.90 Å². The van der Waals surface area contributed by atoms with Crippen molar-refractivity contribution in [2.75, 3.05) is 13.2 Å². The molecule has 0 aromatic heterocycles. The second kappa shape index (κ2) is 9.08. The summed E-state index contributed by atoms with van der Waals surface area (Å²) in [6.45, 7) is 0.572. The van der Waals surface area contributed by atoms with E-state index < -0.39 is 5.91 Å². The van der Waals surface area contributed by atoms with Crippen molar-refractivity contribution in [2.24, 2.45) is 5.73 Å². The van der Waals surface area contributed by atoms with Gasteiger partial charge in [-0.1, -0.05) is 42.5 Å². The highest BCUT2D eigenvalue weighted by molar-refractivity contribution is 9.10. The van der Waals surface area contributed by atoms with Gasteiger partial charge in [0.2, 0.25) is 5.91 Å². The number of hydrogen-bond acceptors (Lipinski definition) is 3. The lowest BCUT2D eigenvalue weighted by molar-refractivity contribution is -0.134. The van der Waals surface area contributed by atoms with Crippen LogP contribution < -0.4 is 10.5 Å². The predicted octanol–water partition coefficient (Wildman–Crippen LogP) is 2.73. The molecule has 2 N–H and O–H groups in total. The summed E-state index contributed by atoms with van der Waals surface area (Å²) in [6.07, 6.45) is 0.119. The van der Waals surface area contributed by atoms with Crippen molar-refractivity contribution in [3.8, 4) is 5.75 Å². The summed E-state index contributed by atoms with van der Waals surface area (Å²) in [5.41, 5.74) is 6.19. The largest absolute Gasteiger partial charge is 0.483 e. The number of carbonyl (C=O) groups excluding carboxylic acids is 2. The normalized spacial score (nSPS) is 10.2. The van der Waals surface area contributed by atoms with Crippen molar-refractivity contribution >= 4 is 27.7 Å². The highest BCUT2D eigenvalue weighted by Gasteiger charge is 2.16. The van der Waals surface area contributed by atoms with Gasteiger partial charge in [0.1, 0.15) is 5.75 Å². The molecule has 2 aromatic rings. The molecule has 0 fully saturated rings. The Hall–Kier alpha value is -2.34. The van der Waals surface area contributed by atoms with Crippen LogP contribution in [0.3, 0.4) is 0 Å². The third kappa shape index (κ3) is 5.70. The third-order valence-electron chi connectivity index (χ3n) is 3.38. The van der Waals surface area contributed by atoms with Crippen molar-refractivity contribution in [3.05, 3.63) is 64.6 Å². The van der Waals surface area contributed by atoms with Crippen LogP contribution in [0.15, 0.2) is 59.1 Å². The average molecular weight is 391 g/mol. The van der Waals surface area contributed by atoms with Crippen LogP contribution in [0.5, 0.6) is 5.75 Å². The molecule has 0 atom stereocenters. The van der Waals surface area contributed by atoms with Crippen LogP contribution in [-0.2, 0) is 16.1 Å². The number of nitrogens with two attached hydrogens (primary N) is 1. The zero-order valence-corrected chi connectivity index (χ0v) is 14.7. The number of nitrogens with zero attached hydrogens (tertiary/aromatic N) is 1. The SMILES string of the molecule is NC(=O)CCN(Cc1ccccc1)C(=O)COc1ccccc1Br. The molecule has 2 amide bonds. The Kier molecular flexibility index (Phi) is 6.81. The Labute approximate surface area is 149 Å². The van der Waals surface area contributed by atoms with Gasteiger partial charge in [-0.25, -0.2) is 0 Å². The second-order valence-electron chi connectivity index (χ2n) is 5.24. The Morgan fingerprint density at radius 3 is 2.38 bits per heavy atom. The number of carbonyl (C=O) groups is 2. The topological polar surface area (TPSA) is 72.6 Å². The zero-order chi connectivity index (χ0) is 17.4. The molecule has 0 saturated carbocycles. The fourth-order valence-corrected chi connectivity index (χ4v) is 2.53. The first kappa shape index (κ1) is 18.0. The molecule has 5 nitrogen and oxygen atoms in total. The molecule has 0 unspecified atom stereocenters. The molecule has 6 heteroatoms. The Bertz CT molecular complexity index is 692. The van der Waals surface area contributed by atoms with Gasteiger partial charge in [0.15, 0.2) is 6.61 Å². The van der Waals surface area contributed by atoms with Crippen LogP contribution in [0.25, 0.3) is 0 Å². The molecule has 0 saturated heterocycles. The van der Waals surface area contributed by atoms with Gasteiger partial charge < -0.3 is 15.4 Å². The Balaban J connectivity index is 2.00. The minimum absolute atomic E-state index is 0.103. The van der Waals surface area contributed by atoms with Gasteiger partial charge in [0, 0.05) is 19.5 Å². The van der Waals surface area contributed by atoms with E-state index >= 15 is 0 Å². The molecular weight excluding hydrogens is 372 g/mol. The summed E-state index contributed by atoms with van der Waals surface area (Å²) >= 11 is 3.38. The summed E-state index contributed by atoms with van der Waals surface area (Å²) < 4.78 is 6.35. The number of hydrogen-bond donors (Lipinski definition) is 1. The summed E-state index contributed by atoms with van der Waals surface area (Å²) in [7, 11) is 0. The molecule has 0 aliphatic carbocycles. The number of halogens is 1. The first-order chi connectivity index (χ1) is 11.6. The van der Waals surface area contributed by atoms with E-state index in [0.717, 1.165) is 10.0 Å². The molecule has 0 bridgehead atoms. The van der Waals surface area contributed by atoms with E-state index in [1.165, 1.54) is 0 Å². The number of primary amides is 1. The molecule has 24 heavy (non-hydrogen) atoms. The first-order valence-electron chi connectivity index (χ1n) is 7.53. The van der Waals surface area contributed by atoms with Gasteiger partial charge in [-0.05, 0) is 33.6 Å². The molecule has 126 valence electrons. The predicted molar refractivity (Wildman–Crippen MR) is 95.3 cm³/mol. The highest BCUT2D eigenvalue weighted by atomic mass is 79.9.